The van der Waals surface area contributed by atoms with Crippen LogP contribution in [0.4, 0.5) is 5.69 Å². The molecule has 0 atom stereocenters. The fourth-order valence-electron chi connectivity index (χ4n) is 3.27. The summed E-state index contributed by atoms with van der Waals surface area (Å²) in [6, 6.07) is 14.4. The number of imide groups is 1. The van der Waals surface area contributed by atoms with Crippen molar-refractivity contribution < 1.29 is 14.3 Å². The molecule has 0 fully saturated rings. The molecule has 4 rings (SSSR count). The van der Waals surface area contributed by atoms with E-state index in [1.54, 1.807) is 25.1 Å². The average Bonchev–Trinajstić information content (AvgIpc) is 2.88. The molecule has 5 heteroatoms. The summed E-state index contributed by atoms with van der Waals surface area (Å²) in [7, 11) is 0. The minimum absolute atomic E-state index is 0.339. The van der Waals surface area contributed by atoms with Gasteiger partial charge in [0.15, 0.2) is 0 Å². The number of para-hydroxylation sites is 3. The number of pyridine rings is 1. The standard InChI is InChI=1S/C20H16N2O3/c1-3-25-16-11-7-6-10-15(16)22-19(23)17-12(2)21-14-9-5-4-8-13(14)18(17)20(22)24/h4-11H,3H2,1-2H3. The Labute approximate surface area is 144 Å². The first-order valence-corrected chi connectivity index (χ1v) is 8.13. The highest BCUT2D eigenvalue weighted by Crippen LogP contribution is 2.37. The lowest BCUT2D eigenvalue weighted by Gasteiger charge is -2.17. The van der Waals surface area contributed by atoms with Gasteiger partial charge in [-0.1, -0.05) is 30.3 Å². The molecule has 0 aliphatic carbocycles. The van der Waals surface area contributed by atoms with Crippen molar-refractivity contribution in [2.45, 2.75) is 13.8 Å². The fourth-order valence-corrected chi connectivity index (χ4v) is 3.27. The van der Waals surface area contributed by atoms with E-state index in [1.807, 2.05) is 37.3 Å². The van der Waals surface area contributed by atoms with Crippen molar-refractivity contribution in [2.24, 2.45) is 0 Å². The molecule has 0 radical (unpaired) electrons. The van der Waals surface area contributed by atoms with Crippen molar-refractivity contribution in [2.75, 3.05) is 11.5 Å². The van der Waals surface area contributed by atoms with Crippen molar-refractivity contribution >= 4 is 28.4 Å². The quantitative estimate of drug-likeness (QED) is 0.686. The minimum Gasteiger partial charge on any atom is -0.492 e. The van der Waals surface area contributed by atoms with Gasteiger partial charge < -0.3 is 4.74 Å². The fraction of sp³-hybridized carbons (Fsp3) is 0.150. The van der Waals surface area contributed by atoms with Crippen LogP contribution in [0.5, 0.6) is 5.75 Å². The molecule has 0 unspecified atom stereocenters. The lowest BCUT2D eigenvalue weighted by atomic mass is 10.0. The molecule has 1 aliphatic heterocycles. The molecule has 0 N–H and O–H groups in total. The third kappa shape index (κ3) is 2.20. The van der Waals surface area contributed by atoms with Crippen molar-refractivity contribution in [3.8, 4) is 5.75 Å². The zero-order chi connectivity index (χ0) is 17.6. The molecule has 124 valence electrons. The van der Waals surface area contributed by atoms with E-state index < -0.39 is 0 Å². The smallest absolute Gasteiger partial charge is 0.268 e. The Morgan fingerprint density at radius 3 is 2.44 bits per heavy atom. The van der Waals surface area contributed by atoms with Crippen LogP contribution in [0.1, 0.15) is 33.3 Å². The largest absolute Gasteiger partial charge is 0.492 e. The summed E-state index contributed by atoms with van der Waals surface area (Å²) in [6.07, 6.45) is 0. The Morgan fingerprint density at radius 1 is 0.960 bits per heavy atom. The lowest BCUT2D eigenvalue weighted by molar-refractivity contribution is 0.0925. The Kier molecular flexibility index (Phi) is 3.50. The Hall–Kier alpha value is -3.21. The molecule has 2 amide bonds. The summed E-state index contributed by atoms with van der Waals surface area (Å²) in [4.78, 5) is 31.9. The molecule has 0 saturated carbocycles. The molecule has 0 spiro atoms. The first-order valence-electron chi connectivity index (χ1n) is 8.13. The van der Waals surface area contributed by atoms with Crippen molar-refractivity contribution in [1.82, 2.24) is 4.98 Å². The topological polar surface area (TPSA) is 59.5 Å². The van der Waals surface area contributed by atoms with E-state index in [1.165, 1.54) is 4.90 Å². The van der Waals surface area contributed by atoms with Crippen LogP contribution in [0, 0.1) is 6.92 Å². The highest BCUT2D eigenvalue weighted by Gasteiger charge is 2.41. The Balaban J connectivity index is 1.95. The van der Waals surface area contributed by atoms with E-state index >= 15 is 0 Å². The maximum absolute atomic E-state index is 13.2. The van der Waals surface area contributed by atoms with Crippen LogP contribution in [0.15, 0.2) is 48.5 Å². The maximum Gasteiger partial charge on any atom is 0.268 e. The van der Waals surface area contributed by atoms with Crippen LogP contribution in [-0.4, -0.2) is 23.4 Å². The van der Waals surface area contributed by atoms with Crippen molar-refractivity contribution in [1.29, 1.82) is 0 Å². The van der Waals surface area contributed by atoms with Gasteiger partial charge in [0.25, 0.3) is 11.8 Å². The molecule has 2 heterocycles. The number of rotatable bonds is 3. The van der Waals surface area contributed by atoms with Crippen LogP contribution in [0.2, 0.25) is 0 Å². The second-order valence-corrected chi connectivity index (χ2v) is 5.81. The number of carbonyl (C=O) groups excluding carboxylic acids is 2. The summed E-state index contributed by atoms with van der Waals surface area (Å²) in [5.41, 5.74) is 2.51. The van der Waals surface area contributed by atoms with Crippen LogP contribution in [0.3, 0.4) is 0 Å². The van der Waals surface area contributed by atoms with Crippen LogP contribution < -0.4 is 9.64 Å². The first-order chi connectivity index (χ1) is 12.1. The molecular weight excluding hydrogens is 316 g/mol. The maximum atomic E-state index is 13.2. The third-order valence-electron chi connectivity index (χ3n) is 4.31. The number of anilines is 1. The zero-order valence-corrected chi connectivity index (χ0v) is 13.9. The number of fused-ring (bicyclic) bond motifs is 3. The second-order valence-electron chi connectivity index (χ2n) is 5.81. The number of aryl methyl sites for hydroxylation is 1. The van der Waals surface area contributed by atoms with Crippen molar-refractivity contribution in [3.63, 3.8) is 0 Å². The molecule has 0 bridgehead atoms. The summed E-state index contributed by atoms with van der Waals surface area (Å²) < 4.78 is 5.60. The van der Waals surface area contributed by atoms with Gasteiger partial charge in [0.1, 0.15) is 5.75 Å². The molecule has 25 heavy (non-hydrogen) atoms. The Morgan fingerprint density at radius 2 is 1.64 bits per heavy atom. The van der Waals surface area contributed by atoms with Gasteiger partial charge in [-0.3, -0.25) is 14.6 Å². The summed E-state index contributed by atoms with van der Waals surface area (Å²) in [5, 5.41) is 0.692. The van der Waals surface area contributed by atoms with Gasteiger partial charge in [0, 0.05) is 5.39 Å². The van der Waals surface area contributed by atoms with Gasteiger partial charge in [0.05, 0.1) is 34.6 Å². The lowest BCUT2D eigenvalue weighted by Crippen LogP contribution is -2.30. The number of nitrogens with zero attached hydrogens (tertiary/aromatic N) is 2. The van der Waals surface area contributed by atoms with E-state index in [0.717, 1.165) is 0 Å². The zero-order valence-electron chi connectivity index (χ0n) is 13.9. The minimum atomic E-state index is -0.358. The van der Waals surface area contributed by atoms with Crippen LogP contribution in [0.25, 0.3) is 10.9 Å². The van der Waals surface area contributed by atoms with Crippen LogP contribution >= 0.6 is 0 Å². The SMILES string of the molecule is CCOc1ccccc1N1C(=O)c2c(C)nc3ccccc3c2C1=O. The monoisotopic (exact) mass is 332 g/mol. The van der Waals surface area contributed by atoms with Gasteiger partial charge in [-0.2, -0.15) is 0 Å². The van der Waals surface area contributed by atoms with Gasteiger partial charge in [-0.05, 0) is 32.0 Å². The van der Waals surface area contributed by atoms with Gasteiger partial charge >= 0.3 is 0 Å². The van der Waals surface area contributed by atoms with Crippen molar-refractivity contribution in [3.05, 3.63) is 65.4 Å². The molecule has 5 nitrogen and oxygen atoms in total. The van der Waals surface area contributed by atoms with Gasteiger partial charge in [0.2, 0.25) is 0 Å². The number of hydrogen-bond donors (Lipinski definition) is 0. The van der Waals surface area contributed by atoms with E-state index in [-0.39, 0.29) is 11.8 Å². The van der Waals surface area contributed by atoms with Gasteiger partial charge in [-0.25, -0.2) is 4.90 Å². The number of benzene rings is 2. The molecule has 2 aromatic carbocycles. The molecule has 1 aromatic heterocycles. The second kappa shape index (κ2) is 5.70. The van der Waals surface area contributed by atoms with Crippen LogP contribution in [-0.2, 0) is 0 Å². The highest BCUT2D eigenvalue weighted by atomic mass is 16.5. The molecule has 0 saturated heterocycles. The van der Waals surface area contributed by atoms with E-state index in [9.17, 15) is 9.59 Å². The summed E-state index contributed by atoms with van der Waals surface area (Å²) >= 11 is 0. The first kappa shape index (κ1) is 15.3. The van der Waals surface area contributed by atoms with E-state index in [4.69, 9.17) is 4.74 Å². The number of carbonyl (C=O) groups is 2. The highest BCUT2D eigenvalue weighted by molar-refractivity contribution is 6.38. The van der Waals surface area contributed by atoms with Gasteiger partial charge in [-0.15, -0.1) is 0 Å². The summed E-state index contributed by atoms with van der Waals surface area (Å²) in [6.45, 7) is 4.07. The normalized spacial score (nSPS) is 13.4. The van der Waals surface area contributed by atoms with E-state index in [2.05, 4.69) is 4.98 Å². The number of ether oxygens (including phenoxy) is 1. The molecular formula is C20H16N2O3. The molecule has 1 aliphatic rings. The molecule has 3 aromatic rings. The predicted octanol–water partition coefficient (Wildman–Crippen LogP) is 3.74. The Bertz CT molecular complexity index is 1030. The third-order valence-corrected chi connectivity index (χ3v) is 4.31. The summed E-state index contributed by atoms with van der Waals surface area (Å²) in [5.74, 6) is -0.189. The average molecular weight is 332 g/mol. The predicted molar refractivity (Wildman–Crippen MR) is 95.2 cm³/mol. The number of amides is 2. The number of hydrogen-bond acceptors (Lipinski definition) is 4. The number of aromatic nitrogens is 1. The van der Waals surface area contributed by atoms with E-state index in [0.29, 0.717) is 45.8 Å².